The third-order valence-electron chi connectivity index (χ3n) is 4.97. The number of halogens is 2. The second kappa shape index (κ2) is 8.91. The van der Waals surface area contributed by atoms with Gasteiger partial charge in [-0.05, 0) is 44.0 Å². The highest BCUT2D eigenvalue weighted by Crippen LogP contribution is 2.28. The molecule has 0 radical (unpaired) electrons. The summed E-state index contributed by atoms with van der Waals surface area (Å²) in [4.78, 5) is 16.4. The number of carbonyl (C=O) groups excluding carboxylic acids is 1. The Morgan fingerprint density at radius 3 is 2.54 bits per heavy atom. The van der Waals surface area contributed by atoms with Gasteiger partial charge in [0.1, 0.15) is 0 Å². The van der Waals surface area contributed by atoms with Crippen LogP contribution in [0.1, 0.15) is 38.3 Å². The van der Waals surface area contributed by atoms with E-state index in [0.29, 0.717) is 16.5 Å². The summed E-state index contributed by atoms with van der Waals surface area (Å²) in [6, 6.07) is 5.27. The molecule has 1 aromatic carbocycles. The quantitative estimate of drug-likeness (QED) is 0.677. The SMILES string of the molecule is CCCN(CC(=O)N(C)[C@H]1CCS(=O)(=O)C1)[C@@H](C)c1ccc(Cl)c(Cl)c1. The van der Waals surface area contributed by atoms with Crippen LogP contribution in [0, 0.1) is 0 Å². The molecule has 2 atom stereocenters. The second-order valence-electron chi connectivity index (χ2n) is 6.88. The van der Waals surface area contributed by atoms with Crippen LogP contribution in [0.25, 0.3) is 0 Å². The van der Waals surface area contributed by atoms with Crippen LogP contribution >= 0.6 is 23.2 Å². The smallest absolute Gasteiger partial charge is 0.236 e. The lowest BCUT2D eigenvalue weighted by molar-refractivity contribution is -0.133. The number of likely N-dealkylation sites (N-methyl/N-ethyl adjacent to an activating group) is 1. The molecule has 5 nitrogen and oxygen atoms in total. The fraction of sp³-hybridized carbons (Fsp3) is 0.611. The molecule has 1 aliphatic rings. The first-order valence-corrected chi connectivity index (χ1v) is 11.4. The fourth-order valence-electron chi connectivity index (χ4n) is 3.25. The predicted molar refractivity (Wildman–Crippen MR) is 107 cm³/mol. The van der Waals surface area contributed by atoms with E-state index in [1.165, 1.54) is 0 Å². The van der Waals surface area contributed by atoms with Gasteiger partial charge in [0.05, 0.1) is 28.1 Å². The molecule has 0 unspecified atom stereocenters. The van der Waals surface area contributed by atoms with Gasteiger partial charge in [-0.1, -0.05) is 36.2 Å². The highest BCUT2D eigenvalue weighted by Gasteiger charge is 2.33. The van der Waals surface area contributed by atoms with Crippen LogP contribution in [-0.2, 0) is 14.6 Å². The largest absolute Gasteiger partial charge is 0.341 e. The molecule has 0 saturated carbocycles. The third kappa shape index (κ3) is 5.35. The Kier molecular flexibility index (Phi) is 7.36. The van der Waals surface area contributed by atoms with Crippen LogP contribution in [0.5, 0.6) is 0 Å². The van der Waals surface area contributed by atoms with E-state index in [1.54, 1.807) is 18.0 Å². The first-order valence-electron chi connectivity index (χ1n) is 8.79. The van der Waals surface area contributed by atoms with Gasteiger partial charge in [0.2, 0.25) is 5.91 Å². The Balaban J connectivity index is 2.08. The first kappa shape index (κ1) is 21.5. The molecule has 1 aliphatic heterocycles. The number of nitrogens with zero attached hydrogens (tertiary/aromatic N) is 2. The second-order valence-corrected chi connectivity index (χ2v) is 9.92. The molecule has 0 N–H and O–H groups in total. The van der Waals surface area contributed by atoms with Crippen LogP contribution in [0.3, 0.4) is 0 Å². The maximum absolute atomic E-state index is 12.7. The fourth-order valence-corrected chi connectivity index (χ4v) is 5.33. The molecule has 146 valence electrons. The minimum atomic E-state index is -3.02. The Morgan fingerprint density at radius 1 is 1.31 bits per heavy atom. The summed E-state index contributed by atoms with van der Waals surface area (Å²) < 4.78 is 23.3. The van der Waals surface area contributed by atoms with Gasteiger partial charge in [-0.3, -0.25) is 9.69 Å². The minimum absolute atomic E-state index is 0.00521. The highest BCUT2D eigenvalue weighted by molar-refractivity contribution is 7.91. The van der Waals surface area contributed by atoms with Crippen molar-refractivity contribution in [3.8, 4) is 0 Å². The molecule has 0 aromatic heterocycles. The standard InChI is InChI=1S/C18H26Cl2N2O3S/c1-4-8-22(13(2)14-5-6-16(19)17(20)10-14)11-18(23)21(3)15-7-9-26(24,25)12-15/h5-6,10,13,15H,4,7-9,11-12H2,1-3H3/t13-,15-/m0/s1. The summed E-state index contributed by atoms with van der Waals surface area (Å²) in [5.74, 6) is 0.159. The van der Waals surface area contributed by atoms with Crippen LogP contribution in [0.2, 0.25) is 10.0 Å². The lowest BCUT2D eigenvalue weighted by atomic mass is 10.1. The average Bonchev–Trinajstić information content (AvgIpc) is 2.95. The van der Waals surface area contributed by atoms with Gasteiger partial charge in [-0.25, -0.2) is 8.42 Å². The number of amides is 1. The van der Waals surface area contributed by atoms with Crippen LogP contribution in [0.15, 0.2) is 18.2 Å². The summed E-state index contributed by atoms with van der Waals surface area (Å²) >= 11 is 12.1. The molecular weight excluding hydrogens is 395 g/mol. The van der Waals surface area contributed by atoms with E-state index < -0.39 is 9.84 Å². The molecule has 1 heterocycles. The van der Waals surface area contributed by atoms with Crippen molar-refractivity contribution < 1.29 is 13.2 Å². The zero-order chi connectivity index (χ0) is 19.5. The normalized spacial score (nSPS) is 20.3. The van der Waals surface area contributed by atoms with Crippen molar-refractivity contribution in [1.29, 1.82) is 0 Å². The zero-order valence-corrected chi connectivity index (χ0v) is 17.7. The number of rotatable bonds is 7. The molecule has 2 rings (SSSR count). The highest BCUT2D eigenvalue weighted by atomic mass is 35.5. The molecule has 0 spiro atoms. The monoisotopic (exact) mass is 420 g/mol. The van der Waals surface area contributed by atoms with Crippen molar-refractivity contribution in [3.05, 3.63) is 33.8 Å². The minimum Gasteiger partial charge on any atom is -0.341 e. The van der Waals surface area contributed by atoms with Crippen molar-refractivity contribution >= 4 is 38.9 Å². The van der Waals surface area contributed by atoms with E-state index >= 15 is 0 Å². The summed E-state index contributed by atoms with van der Waals surface area (Å²) in [5, 5.41) is 0.995. The van der Waals surface area contributed by atoms with Gasteiger partial charge in [0, 0.05) is 19.1 Å². The van der Waals surface area contributed by atoms with E-state index in [9.17, 15) is 13.2 Å². The summed E-state index contributed by atoms with van der Waals surface area (Å²) in [6.07, 6.45) is 1.42. The van der Waals surface area contributed by atoms with Crippen molar-refractivity contribution in [2.75, 3.05) is 31.6 Å². The maximum atomic E-state index is 12.7. The van der Waals surface area contributed by atoms with Crippen molar-refractivity contribution in [2.24, 2.45) is 0 Å². The molecule has 1 fully saturated rings. The van der Waals surface area contributed by atoms with Crippen molar-refractivity contribution in [2.45, 2.75) is 38.8 Å². The van der Waals surface area contributed by atoms with E-state index in [0.717, 1.165) is 18.5 Å². The Bertz CT molecular complexity index is 755. The number of hydrogen-bond acceptors (Lipinski definition) is 4. The van der Waals surface area contributed by atoms with Gasteiger partial charge < -0.3 is 4.90 Å². The van der Waals surface area contributed by atoms with Crippen LogP contribution in [-0.4, -0.2) is 61.8 Å². The van der Waals surface area contributed by atoms with Gasteiger partial charge in [0.15, 0.2) is 9.84 Å². The molecule has 26 heavy (non-hydrogen) atoms. The number of benzene rings is 1. The number of carbonyl (C=O) groups is 1. The first-order chi connectivity index (χ1) is 12.1. The molecular formula is C18H26Cl2N2O3S. The lowest BCUT2D eigenvalue weighted by Gasteiger charge is -2.32. The molecule has 8 heteroatoms. The Morgan fingerprint density at radius 2 is 2.00 bits per heavy atom. The van der Waals surface area contributed by atoms with Gasteiger partial charge in [-0.2, -0.15) is 0 Å². The zero-order valence-electron chi connectivity index (χ0n) is 15.4. The summed E-state index contributed by atoms with van der Waals surface area (Å²) in [5.41, 5.74) is 0.992. The number of hydrogen-bond donors (Lipinski definition) is 0. The van der Waals surface area contributed by atoms with E-state index in [2.05, 4.69) is 11.8 Å². The topological polar surface area (TPSA) is 57.7 Å². The predicted octanol–water partition coefficient (Wildman–Crippen LogP) is 3.41. The van der Waals surface area contributed by atoms with E-state index in [-0.39, 0.29) is 36.0 Å². The molecule has 0 aliphatic carbocycles. The van der Waals surface area contributed by atoms with Crippen LogP contribution < -0.4 is 0 Å². The molecule has 1 amide bonds. The van der Waals surface area contributed by atoms with Crippen molar-refractivity contribution in [1.82, 2.24) is 9.80 Å². The van der Waals surface area contributed by atoms with E-state index in [1.807, 2.05) is 19.1 Å². The molecule has 1 saturated heterocycles. The average molecular weight is 421 g/mol. The van der Waals surface area contributed by atoms with Gasteiger partial charge >= 0.3 is 0 Å². The van der Waals surface area contributed by atoms with E-state index in [4.69, 9.17) is 23.2 Å². The van der Waals surface area contributed by atoms with Gasteiger partial charge in [-0.15, -0.1) is 0 Å². The molecule has 1 aromatic rings. The number of sulfone groups is 1. The maximum Gasteiger partial charge on any atom is 0.236 e. The van der Waals surface area contributed by atoms with Gasteiger partial charge in [0.25, 0.3) is 0 Å². The summed E-state index contributed by atoms with van der Waals surface area (Å²) in [7, 11) is -1.32. The molecule has 0 bridgehead atoms. The van der Waals surface area contributed by atoms with Crippen molar-refractivity contribution in [3.63, 3.8) is 0 Å². The Labute approximate surface area is 166 Å². The van der Waals surface area contributed by atoms with Crippen LogP contribution in [0.4, 0.5) is 0 Å². The lowest BCUT2D eigenvalue weighted by Crippen LogP contribution is -2.44. The summed E-state index contributed by atoms with van der Waals surface area (Å²) in [6.45, 7) is 5.08. The Hall–Kier alpha value is -0.820. The third-order valence-corrected chi connectivity index (χ3v) is 7.46.